The Labute approximate surface area is 341 Å². The molecule has 7 rings (SSSR count). The second kappa shape index (κ2) is 17.7. The van der Waals surface area contributed by atoms with Crippen LogP contribution in [0, 0.1) is 0 Å². The van der Waals surface area contributed by atoms with E-state index in [0.717, 1.165) is 51.7 Å². The first kappa shape index (κ1) is 41.0. The molecule has 2 aliphatic heterocycles. The lowest BCUT2D eigenvalue weighted by Crippen LogP contribution is -2.53. The zero-order valence-electron chi connectivity index (χ0n) is 33.6. The van der Waals surface area contributed by atoms with Gasteiger partial charge in [-0.2, -0.15) is 0 Å². The molecular formula is C42H51N9O8. The number of rotatable bonds is 13. The summed E-state index contributed by atoms with van der Waals surface area (Å²) >= 11 is 0. The molecule has 312 valence electrons. The molecule has 59 heavy (non-hydrogen) atoms. The summed E-state index contributed by atoms with van der Waals surface area (Å²) in [6, 6.07) is 19.3. The highest BCUT2D eigenvalue weighted by Crippen LogP contribution is 2.34. The SMILES string of the molecule is COC(=O)N[C@H](C(=O)N1CCC[C@H]1c1nc2ccc(CN(Cc3ccc4nc([C@@H]5CCCN5C(=O)[C@@H](NC(=O)OC)[C@@H](C)O)[nH]c4c3)c3ccccc3)cc2[nH]1)[C@@H](C)O. The highest BCUT2D eigenvalue weighted by molar-refractivity contribution is 5.88. The van der Waals surface area contributed by atoms with Crippen LogP contribution in [-0.2, 0) is 32.2 Å². The monoisotopic (exact) mass is 809 g/mol. The Balaban J connectivity index is 1.09. The fourth-order valence-corrected chi connectivity index (χ4v) is 8.12. The quantitative estimate of drug-likeness (QED) is 0.0991. The highest BCUT2D eigenvalue weighted by Gasteiger charge is 2.39. The van der Waals surface area contributed by atoms with Crippen molar-refractivity contribution in [2.45, 2.75) is 89.0 Å². The number of aliphatic hydroxyl groups is 2. The Morgan fingerprint density at radius 1 is 0.729 bits per heavy atom. The van der Waals surface area contributed by atoms with Crippen LogP contribution < -0.4 is 15.5 Å². The standard InChI is InChI=1S/C42H51N9O8/c1-24(52)35(47-41(56)58-3)39(54)50-18-8-12-33(50)37-43-29-16-14-26(20-31(29)45-37)22-49(28-10-6-5-7-11-28)23-27-15-17-30-32(21-27)46-38(44-30)34-13-9-19-51(34)40(55)36(25(2)53)48-42(57)59-4/h5-7,10-11,14-17,20-21,24-25,33-36,52-53H,8-9,12-13,18-19,22-23H2,1-4H3,(H,43,45)(H,44,46)(H,47,56)(H,48,57)/t24-,25-,33+,34+,35+,36+/m1/s1. The number of aromatic nitrogens is 4. The van der Waals surface area contributed by atoms with Gasteiger partial charge in [0.1, 0.15) is 23.7 Å². The van der Waals surface area contributed by atoms with Gasteiger partial charge in [-0.25, -0.2) is 19.6 Å². The number of carbonyl (C=O) groups is 4. The summed E-state index contributed by atoms with van der Waals surface area (Å²) in [5.74, 6) is 0.485. The topological polar surface area (TPSA) is 218 Å². The number of fused-ring (bicyclic) bond motifs is 2. The van der Waals surface area contributed by atoms with Gasteiger partial charge in [0.05, 0.1) is 60.6 Å². The minimum absolute atomic E-state index is 0.347. The highest BCUT2D eigenvalue weighted by atomic mass is 16.5. The van der Waals surface area contributed by atoms with Crippen LogP contribution in [-0.4, -0.2) is 116 Å². The molecule has 6 N–H and O–H groups in total. The van der Waals surface area contributed by atoms with Crippen molar-refractivity contribution in [3.8, 4) is 0 Å². The number of H-pyrrole nitrogens is 2. The van der Waals surface area contributed by atoms with Crippen molar-refractivity contribution in [2.75, 3.05) is 32.2 Å². The van der Waals surface area contributed by atoms with Crippen LogP contribution in [0.3, 0.4) is 0 Å². The molecule has 2 fully saturated rings. The zero-order valence-corrected chi connectivity index (χ0v) is 33.6. The summed E-state index contributed by atoms with van der Waals surface area (Å²) in [6.45, 7) is 5.00. The predicted octanol–water partition coefficient (Wildman–Crippen LogP) is 4.18. The minimum atomic E-state index is -1.15. The Kier molecular flexibility index (Phi) is 12.3. The van der Waals surface area contributed by atoms with E-state index in [1.807, 2.05) is 42.5 Å². The molecule has 5 aromatic rings. The number of carbonyl (C=O) groups excluding carboxylic acids is 4. The smallest absolute Gasteiger partial charge is 0.407 e. The molecule has 0 spiro atoms. The van der Waals surface area contributed by atoms with Gasteiger partial charge in [0, 0.05) is 31.9 Å². The number of anilines is 1. The molecule has 2 saturated heterocycles. The maximum absolute atomic E-state index is 13.6. The Morgan fingerprint density at radius 2 is 1.17 bits per heavy atom. The number of nitrogens with zero attached hydrogens (tertiary/aromatic N) is 5. The normalized spacial score (nSPS) is 18.7. The van der Waals surface area contributed by atoms with Crippen LogP contribution in [0.5, 0.6) is 0 Å². The van der Waals surface area contributed by atoms with E-state index in [1.165, 1.54) is 28.1 Å². The fourth-order valence-electron chi connectivity index (χ4n) is 8.12. The molecule has 0 aliphatic carbocycles. The van der Waals surface area contributed by atoms with Gasteiger partial charge in [0.25, 0.3) is 0 Å². The van der Waals surface area contributed by atoms with E-state index >= 15 is 0 Å². The van der Waals surface area contributed by atoms with E-state index in [1.54, 1.807) is 9.80 Å². The van der Waals surface area contributed by atoms with Crippen molar-refractivity contribution >= 4 is 51.8 Å². The summed E-state index contributed by atoms with van der Waals surface area (Å²) in [6.07, 6.45) is -0.966. The van der Waals surface area contributed by atoms with Crippen LogP contribution in [0.4, 0.5) is 15.3 Å². The molecular weight excluding hydrogens is 759 g/mol. The van der Waals surface area contributed by atoms with E-state index in [2.05, 4.69) is 59.2 Å². The number of benzene rings is 3. The Morgan fingerprint density at radius 3 is 1.58 bits per heavy atom. The van der Waals surface area contributed by atoms with Gasteiger partial charge in [-0.05, 0) is 87.1 Å². The third-order valence-corrected chi connectivity index (χ3v) is 11.1. The van der Waals surface area contributed by atoms with E-state index in [-0.39, 0.29) is 12.1 Å². The van der Waals surface area contributed by atoms with Crippen molar-refractivity contribution in [2.24, 2.45) is 0 Å². The fraction of sp³-hybridized carbons (Fsp3) is 0.429. The first-order valence-corrected chi connectivity index (χ1v) is 19.9. The molecule has 0 radical (unpaired) electrons. The van der Waals surface area contributed by atoms with E-state index in [0.29, 0.717) is 50.7 Å². The second-order valence-corrected chi connectivity index (χ2v) is 15.2. The van der Waals surface area contributed by atoms with Crippen molar-refractivity contribution < 1.29 is 38.9 Å². The van der Waals surface area contributed by atoms with Gasteiger partial charge in [-0.1, -0.05) is 30.3 Å². The van der Waals surface area contributed by atoms with Crippen molar-refractivity contribution in [1.82, 2.24) is 40.4 Å². The molecule has 6 atom stereocenters. The summed E-state index contributed by atoms with van der Waals surface area (Å²) in [5, 5.41) is 25.6. The summed E-state index contributed by atoms with van der Waals surface area (Å²) < 4.78 is 9.35. The molecule has 4 amide bonds. The first-order chi connectivity index (χ1) is 28.4. The molecule has 2 aromatic heterocycles. The number of imidazole rings is 2. The van der Waals surface area contributed by atoms with Gasteiger partial charge >= 0.3 is 12.2 Å². The van der Waals surface area contributed by atoms with Crippen molar-refractivity contribution in [3.05, 3.63) is 89.5 Å². The number of nitrogens with one attached hydrogen (secondary N) is 4. The maximum atomic E-state index is 13.6. The third kappa shape index (κ3) is 8.95. The van der Waals surface area contributed by atoms with Gasteiger partial charge in [0.15, 0.2) is 0 Å². The molecule has 0 unspecified atom stereocenters. The number of ether oxygens (including phenoxy) is 2. The Hall–Kier alpha value is -6.20. The van der Waals surface area contributed by atoms with Crippen LogP contribution >= 0.6 is 0 Å². The summed E-state index contributed by atoms with van der Waals surface area (Å²) in [5.41, 5.74) is 6.30. The average molecular weight is 810 g/mol. The number of amides is 4. The lowest BCUT2D eigenvalue weighted by atomic mass is 10.1. The van der Waals surface area contributed by atoms with Gasteiger partial charge in [0.2, 0.25) is 11.8 Å². The molecule has 2 aliphatic rings. The van der Waals surface area contributed by atoms with Gasteiger partial charge in [-0.15, -0.1) is 0 Å². The number of aliphatic hydroxyl groups excluding tert-OH is 2. The largest absolute Gasteiger partial charge is 0.453 e. The van der Waals surface area contributed by atoms with Gasteiger partial charge in [-0.3, -0.25) is 9.59 Å². The van der Waals surface area contributed by atoms with Crippen molar-refractivity contribution in [3.63, 3.8) is 0 Å². The van der Waals surface area contributed by atoms with E-state index in [4.69, 9.17) is 9.97 Å². The van der Waals surface area contributed by atoms with Gasteiger partial charge < -0.3 is 55.0 Å². The van der Waals surface area contributed by atoms with E-state index in [9.17, 15) is 29.4 Å². The number of likely N-dealkylation sites (tertiary alicyclic amines) is 2. The average Bonchev–Trinajstić information content (AvgIpc) is 4.06. The molecule has 4 heterocycles. The number of hydrogen-bond donors (Lipinski definition) is 6. The maximum Gasteiger partial charge on any atom is 0.407 e. The predicted molar refractivity (Wildman–Crippen MR) is 218 cm³/mol. The third-order valence-electron chi connectivity index (χ3n) is 11.1. The number of methoxy groups -OCH3 is 2. The number of hydrogen-bond acceptors (Lipinski definition) is 11. The van der Waals surface area contributed by atoms with Crippen LogP contribution in [0.15, 0.2) is 66.7 Å². The molecule has 17 nitrogen and oxygen atoms in total. The van der Waals surface area contributed by atoms with Crippen LogP contribution in [0.2, 0.25) is 0 Å². The molecule has 0 bridgehead atoms. The van der Waals surface area contributed by atoms with E-state index < -0.39 is 48.3 Å². The van der Waals surface area contributed by atoms with Crippen molar-refractivity contribution in [1.29, 1.82) is 0 Å². The zero-order chi connectivity index (χ0) is 41.8. The minimum Gasteiger partial charge on any atom is -0.453 e. The Bertz CT molecular complexity index is 2150. The molecule has 3 aromatic carbocycles. The molecule has 0 saturated carbocycles. The number of para-hydroxylation sites is 1. The van der Waals surface area contributed by atoms with Crippen LogP contribution in [0.1, 0.15) is 74.4 Å². The first-order valence-electron chi connectivity index (χ1n) is 19.9. The molecule has 17 heteroatoms. The number of aromatic amines is 2. The summed E-state index contributed by atoms with van der Waals surface area (Å²) in [7, 11) is 2.41. The second-order valence-electron chi connectivity index (χ2n) is 15.2. The summed E-state index contributed by atoms with van der Waals surface area (Å²) in [4.78, 5) is 73.2. The lowest BCUT2D eigenvalue weighted by molar-refractivity contribution is -0.137. The lowest BCUT2D eigenvalue weighted by Gasteiger charge is -2.29. The van der Waals surface area contributed by atoms with Crippen LogP contribution in [0.25, 0.3) is 22.1 Å². The number of alkyl carbamates (subject to hydrolysis) is 2.